The van der Waals surface area contributed by atoms with E-state index in [1.54, 1.807) is 24.3 Å². The van der Waals surface area contributed by atoms with Crippen LogP contribution >= 0.6 is 0 Å². The molecule has 0 radical (unpaired) electrons. The van der Waals surface area contributed by atoms with E-state index >= 15 is 0 Å². The first-order valence-electron chi connectivity index (χ1n) is 6.71. The molecule has 2 aromatic carbocycles. The van der Waals surface area contributed by atoms with Crippen molar-refractivity contribution in [1.29, 1.82) is 5.41 Å². The summed E-state index contributed by atoms with van der Waals surface area (Å²) >= 11 is 0. The zero-order valence-corrected chi connectivity index (χ0v) is 11.7. The zero-order valence-electron chi connectivity index (χ0n) is 11.7. The molecule has 0 saturated carbocycles. The molecule has 5 N–H and O–H groups in total. The number of rotatable bonds is 7. The number of ether oxygens (including phenoxy) is 2. The fourth-order valence-electron chi connectivity index (χ4n) is 1.76. The average molecular weight is 285 g/mol. The van der Waals surface area contributed by atoms with Crippen molar-refractivity contribution in [3.05, 3.63) is 54.1 Å². The van der Waals surface area contributed by atoms with Gasteiger partial charge in [0.1, 0.15) is 17.3 Å². The van der Waals surface area contributed by atoms with Gasteiger partial charge in [0.2, 0.25) is 0 Å². The summed E-state index contributed by atoms with van der Waals surface area (Å²) < 4.78 is 11.2. The highest BCUT2D eigenvalue weighted by molar-refractivity contribution is 5.95. The molecule has 0 unspecified atom stereocenters. The number of nitrogens with one attached hydrogen (secondary N) is 1. The van der Waals surface area contributed by atoms with Gasteiger partial charge >= 0.3 is 0 Å². The monoisotopic (exact) mass is 285 g/mol. The molecule has 110 valence electrons. The van der Waals surface area contributed by atoms with Crippen LogP contribution in [0.15, 0.2) is 48.5 Å². The predicted octanol–water partition coefficient (Wildman–Crippen LogP) is 2.40. The maximum absolute atomic E-state index is 7.38. The molecule has 0 heterocycles. The van der Waals surface area contributed by atoms with Gasteiger partial charge < -0.3 is 20.9 Å². The number of hydrogen-bond donors (Lipinski definition) is 3. The third kappa shape index (κ3) is 4.72. The molecule has 0 fully saturated rings. The normalized spacial score (nSPS) is 10.1. The molecule has 0 aliphatic rings. The van der Waals surface area contributed by atoms with E-state index < -0.39 is 0 Å². The molecule has 0 spiro atoms. The van der Waals surface area contributed by atoms with Gasteiger partial charge in [-0.25, -0.2) is 0 Å². The van der Waals surface area contributed by atoms with Crippen LogP contribution in [0, 0.1) is 5.41 Å². The predicted molar refractivity (Wildman–Crippen MR) is 83.9 cm³/mol. The summed E-state index contributed by atoms with van der Waals surface area (Å²) in [4.78, 5) is 0. The van der Waals surface area contributed by atoms with Gasteiger partial charge in [0.15, 0.2) is 0 Å². The minimum absolute atomic E-state index is 0.0344. The van der Waals surface area contributed by atoms with Crippen molar-refractivity contribution < 1.29 is 9.47 Å². The SMILES string of the molecule is N=C(N)c1cccc(OCCCOc2ccc(N)cc2)c1. The van der Waals surface area contributed by atoms with Crippen molar-refractivity contribution in [2.75, 3.05) is 18.9 Å². The number of hydrogen-bond acceptors (Lipinski definition) is 4. The van der Waals surface area contributed by atoms with E-state index in [4.69, 9.17) is 26.4 Å². The molecule has 2 aromatic rings. The lowest BCUT2D eigenvalue weighted by atomic mass is 10.2. The molecular formula is C16H19N3O2. The van der Waals surface area contributed by atoms with Gasteiger partial charge in [-0.3, -0.25) is 5.41 Å². The first kappa shape index (κ1) is 14.7. The fourth-order valence-corrected chi connectivity index (χ4v) is 1.76. The first-order chi connectivity index (χ1) is 10.1. The van der Waals surface area contributed by atoms with Gasteiger partial charge in [-0.1, -0.05) is 12.1 Å². The molecule has 0 amide bonds. The Morgan fingerprint density at radius 3 is 2.29 bits per heavy atom. The average Bonchev–Trinajstić information content (AvgIpc) is 2.49. The zero-order chi connectivity index (χ0) is 15.1. The highest BCUT2D eigenvalue weighted by Crippen LogP contribution is 2.14. The van der Waals surface area contributed by atoms with E-state index in [0.717, 1.165) is 17.9 Å². The molecular weight excluding hydrogens is 266 g/mol. The van der Waals surface area contributed by atoms with Crippen LogP contribution in [0.5, 0.6) is 11.5 Å². The van der Waals surface area contributed by atoms with Crippen LogP contribution in [0.3, 0.4) is 0 Å². The molecule has 0 atom stereocenters. The van der Waals surface area contributed by atoms with Crippen LogP contribution in [-0.4, -0.2) is 19.0 Å². The Labute approximate surface area is 124 Å². The lowest BCUT2D eigenvalue weighted by Crippen LogP contribution is -2.11. The van der Waals surface area contributed by atoms with Crippen LogP contribution in [0.1, 0.15) is 12.0 Å². The molecule has 5 heteroatoms. The summed E-state index contributed by atoms with van der Waals surface area (Å²) in [6.45, 7) is 1.10. The van der Waals surface area contributed by atoms with E-state index in [9.17, 15) is 0 Å². The third-order valence-electron chi connectivity index (χ3n) is 2.85. The third-order valence-corrected chi connectivity index (χ3v) is 2.85. The van der Waals surface area contributed by atoms with Crippen LogP contribution in [0.2, 0.25) is 0 Å². The minimum Gasteiger partial charge on any atom is -0.493 e. The Kier molecular flexibility index (Phi) is 5.04. The molecule has 0 aromatic heterocycles. The number of nitrogen functional groups attached to an aromatic ring is 2. The van der Waals surface area contributed by atoms with Gasteiger partial charge in [0.25, 0.3) is 0 Å². The molecule has 5 nitrogen and oxygen atoms in total. The van der Waals surface area contributed by atoms with E-state index in [0.29, 0.717) is 24.5 Å². The number of nitrogens with two attached hydrogens (primary N) is 2. The highest BCUT2D eigenvalue weighted by Gasteiger charge is 1.99. The quantitative estimate of drug-likeness (QED) is 0.315. The van der Waals surface area contributed by atoms with Crippen molar-refractivity contribution in [3.8, 4) is 11.5 Å². The van der Waals surface area contributed by atoms with Crippen LogP contribution in [-0.2, 0) is 0 Å². The van der Waals surface area contributed by atoms with Crippen LogP contribution in [0.25, 0.3) is 0 Å². The van der Waals surface area contributed by atoms with Gasteiger partial charge in [-0.15, -0.1) is 0 Å². The standard InChI is InChI=1S/C16H19N3O2/c17-13-5-7-14(8-6-13)20-9-2-10-21-15-4-1-3-12(11-15)16(18)19/h1,3-8,11H,2,9-10,17H2,(H3,18,19). The summed E-state index contributed by atoms with van der Waals surface area (Å²) in [6, 6.07) is 14.5. The number of anilines is 1. The lowest BCUT2D eigenvalue weighted by molar-refractivity contribution is 0.247. The molecule has 0 saturated heterocycles. The Morgan fingerprint density at radius 2 is 1.62 bits per heavy atom. The second kappa shape index (κ2) is 7.19. The smallest absolute Gasteiger partial charge is 0.122 e. The summed E-state index contributed by atoms with van der Waals surface area (Å²) in [5.41, 5.74) is 12.4. The second-order valence-electron chi connectivity index (χ2n) is 4.56. The van der Waals surface area contributed by atoms with Crippen molar-refractivity contribution >= 4 is 11.5 Å². The Morgan fingerprint density at radius 1 is 0.952 bits per heavy atom. The topological polar surface area (TPSA) is 94.4 Å². The first-order valence-corrected chi connectivity index (χ1v) is 6.71. The molecule has 2 rings (SSSR count). The molecule has 0 aliphatic heterocycles. The van der Waals surface area contributed by atoms with E-state index in [-0.39, 0.29) is 5.84 Å². The Hall–Kier alpha value is -2.69. The van der Waals surface area contributed by atoms with Crippen LogP contribution in [0.4, 0.5) is 5.69 Å². The van der Waals surface area contributed by atoms with Gasteiger partial charge in [0.05, 0.1) is 13.2 Å². The molecule has 0 aliphatic carbocycles. The summed E-state index contributed by atoms with van der Waals surface area (Å²) in [5.74, 6) is 1.53. The maximum atomic E-state index is 7.38. The van der Waals surface area contributed by atoms with Crippen molar-refractivity contribution in [1.82, 2.24) is 0 Å². The lowest BCUT2D eigenvalue weighted by Gasteiger charge is -2.09. The summed E-state index contributed by atoms with van der Waals surface area (Å²) in [5, 5.41) is 7.38. The molecule has 21 heavy (non-hydrogen) atoms. The minimum atomic E-state index is 0.0344. The fraction of sp³-hybridized carbons (Fsp3) is 0.188. The highest BCUT2D eigenvalue weighted by atomic mass is 16.5. The Balaban J connectivity index is 1.71. The van der Waals surface area contributed by atoms with Crippen LogP contribution < -0.4 is 20.9 Å². The summed E-state index contributed by atoms with van der Waals surface area (Å²) in [6.07, 6.45) is 0.759. The van der Waals surface area contributed by atoms with E-state index in [1.165, 1.54) is 0 Å². The van der Waals surface area contributed by atoms with Gasteiger partial charge in [-0.05, 0) is 36.4 Å². The van der Waals surface area contributed by atoms with E-state index in [1.807, 2.05) is 24.3 Å². The van der Waals surface area contributed by atoms with Gasteiger partial charge in [0, 0.05) is 17.7 Å². The van der Waals surface area contributed by atoms with Crippen molar-refractivity contribution in [2.45, 2.75) is 6.42 Å². The van der Waals surface area contributed by atoms with Gasteiger partial charge in [-0.2, -0.15) is 0 Å². The maximum Gasteiger partial charge on any atom is 0.122 e. The van der Waals surface area contributed by atoms with E-state index in [2.05, 4.69) is 0 Å². The number of benzene rings is 2. The summed E-state index contributed by atoms with van der Waals surface area (Å²) in [7, 11) is 0. The molecule has 0 bridgehead atoms. The van der Waals surface area contributed by atoms with Crippen molar-refractivity contribution in [3.63, 3.8) is 0 Å². The number of amidine groups is 1. The van der Waals surface area contributed by atoms with Crippen molar-refractivity contribution in [2.24, 2.45) is 5.73 Å². The Bertz CT molecular complexity index is 597. The largest absolute Gasteiger partial charge is 0.493 e. The second-order valence-corrected chi connectivity index (χ2v) is 4.56.